The second kappa shape index (κ2) is 13.1. The monoisotopic (exact) mass is 578 g/mol. The molecule has 1 saturated heterocycles. The van der Waals surface area contributed by atoms with Crippen LogP contribution in [0, 0.1) is 5.92 Å². The molecule has 0 amide bonds. The van der Waals surface area contributed by atoms with Crippen LogP contribution in [0.1, 0.15) is 51.0 Å². The first kappa shape index (κ1) is 30.7. The first-order chi connectivity index (χ1) is 19.6. The van der Waals surface area contributed by atoms with E-state index in [1.165, 1.54) is 12.1 Å². The molecule has 1 saturated carbocycles. The molecule has 2 fully saturated rings. The lowest BCUT2D eigenvalue weighted by atomic mass is 9.79. The molecule has 2 aromatic carbocycles. The minimum atomic E-state index is -5.24. The summed E-state index contributed by atoms with van der Waals surface area (Å²) in [6.45, 7) is 5.51. The Bertz CT molecular complexity index is 1150. The Balaban J connectivity index is 1.45. The predicted octanol–water partition coefficient (Wildman–Crippen LogP) is 5.81. The molecule has 10 heteroatoms. The summed E-state index contributed by atoms with van der Waals surface area (Å²) in [6.07, 6.45) is -2.01. The third kappa shape index (κ3) is 7.15. The molecular formula is C31H39F3NO6+. The van der Waals surface area contributed by atoms with Crippen LogP contribution < -0.4 is 9.47 Å². The van der Waals surface area contributed by atoms with Crippen LogP contribution in [0.2, 0.25) is 0 Å². The highest BCUT2D eigenvalue weighted by Gasteiger charge is 2.57. The molecule has 7 nitrogen and oxygen atoms in total. The number of benzene rings is 2. The fourth-order valence-electron chi connectivity index (χ4n) is 6.20. The van der Waals surface area contributed by atoms with E-state index in [2.05, 4.69) is 6.92 Å². The Morgan fingerprint density at radius 1 is 0.927 bits per heavy atom. The van der Waals surface area contributed by atoms with Crippen LogP contribution in [0.25, 0.3) is 0 Å². The average Bonchev–Trinajstić information content (AvgIpc) is 3.65. The molecule has 224 valence electrons. The Kier molecular flexibility index (Phi) is 9.84. The van der Waals surface area contributed by atoms with Crippen LogP contribution >= 0.6 is 0 Å². The van der Waals surface area contributed by atoms with Gasteiger partial charge in [-0.25, -0.2) is 9.59 Å². The van der Waals surface area contributed by atoms with Gasteiger partial charge in [0.15, 0.2) is 6.10 Å². The molecule has 4 rings (SSSR count). The largest absolute Gasteiger partial charge is 0.497 e. The number of hydrogen-bond donors (Lipinski definition) is 0. The van der Waals surface area contributed by atoms with Crippen LogP contribution in [0.3, 0.4) is 0 Å². The van der Waals surface area contributed by atoms with Crippen molar-refractivity contribution in [3.05, 3.63) is 60.2 Å². The number of hydrogen-bond acceptors (Lipinski definition) is 6. The van der Waals surface area contributed by atoms with Gasteiger partial charge in [-0.2, -0.15) is 13.2 Å². The van der Waals surface area contributed by atoms with E-state index in [0.717, 1.165) is 50.4 Å². The molecule has 2 aliphatic rings. The smallest absolute Gasteiger partial charge is 0.490 e. The van der Waals surface area contributed by atoms with E-state index >= 15 is 0 Å². The number of esters is 2. The number of rotatable bonds is 12. The van der Waals surface area contributed by atoms with Crippen LogP contribution in [0.4, 0.5) is 13.2 Å². The lowest BCUT2D eigenvalue weighted by molar-refractivity contribution is -0.916. The van der Waals surface area contributed by atoms with Gasteiger partial charge in [0.2, 0.25) is 5.60 Å². The predicted molar refractivity (Wildman–Crippen MR) is 145 cm³/mol. The average molecular weight is 579 g/mol. The van der Waals surface area contributed by atoms with Crippen molar-refractivity contribution in [2.24, 2.45) is 5.92 Å². The summed E-state index contributed by atoms with van der Waals surface area (Å²) in [6, 6.07) is 15.4. The molecule has 1 aliphatic heterocycles. The summed E-state index contributed by atoms with van der Waals surface area (Å²) < 4.78 is 63.2. The number of ether oxygens (including phenoxy) is 4. The zero-order valence-electron chi connectivity index (χ0n) is 23.7. The molecule has 0 aromatic heterocycles. The van der Waals surface area contributed by atoms with Crippen LogP contribution in [-0.2, 0) is 24.7 Å². The maximum Gasteiger partial charge on any atom is 0.490 e. The van der Waals surface area contributed by atoms with Gasteiger partial charge in [-0.15, -0.1) is 0 Å². The lowest BCUT2D eigenvalue weighted by Crippen LogP contribution is -2.51. The van der Waals surface area contributed by atoms with Crippen molar-refractivity contribution in [3.8, 4) is 11.5 Å². The first-order valence-corrected chi connectivity index (χ1v) is 14.3. The van der Waals surface area contributed by atoms with Crippen molar-refractivity contribution in [2.75, 3.05) is 39.9 Å². The van der Waals surface area contributed by atoms with Crippen LogP contribution in [-0.4, -0.2) is 68.6 Å². The quantitative estimate of drug-likeness (QED) is 0.180. The number of halogens is 3. The second-order valence-electron chi connectivity index (χ2n) is 11.0. The number of alkyl halides is 3. The molecular weight excluding hydrogens is 539 g/mol. The molecule has 0 radical (unpaired) electrons. The highest BCUT2D eigenvalue weighted by Crippen LogP contribution is 2.46. The SMILES string of the molecule is CC[N+]1(CCCOc2ccc(OC)cc2)CCC(OC(=O)C(OC(=O)C(F)(F)F)(c2ccccc2)C2CCCC2)C1. The molecule has 1 heterocycles. The molecule has 2 aromatic rings. The summed E-state index contributed by atoms with van der Waals surface area (Å²) in [4.78, 5) is 26.1. The van der Waals surface area contributed by atoms with Gasteiger partial charge >= 0.3 is 18.1 Å². The zero-order valence-corrected chi connectivity index (χ0v) is 23.7. The van der Waals surface area contributed by atoms with Crippen molar-refractivity contribution in [1.29, 1.82) is 0 Å². The third-order valence-corrected chi connectivity index (χ3v) is 8.49. The standard InChI is InChI=1S/C31H39F3NO6/c1-3-35(19-9-21-39-26-16-14-25(38-2)15-17-26)20-18-27(22-35)40-28(36)30(24-12-7-8-13-24,23-10-5-4-6-11-23)41-29(37)31(32,33)34/h4-6,10-11,14-17,24,27H,3,7-9,12-13,18-22H2,1-2H3/q+1. The van der Waals surface area contributed by atoms with Crippen molar-refractivity contribution in [1.82, 2.24) is 0 Å². The van der Waals surface area contributed by atoms with Crippen molar-refractivity contribution >= 4 is 11.9 Å². The number of carbonyl (C=O) groups is 2. The number of likely N-dealkylation sites (tertiary alicyclic amines) is 1. The topological polar surface area (TPSA) is 71.1 Å². The van der Waals surface area contributed by atoms with Gasteiger partial charge in [-0.05, 0) is 44.0 Å². The van der Waals surface area contributed by atoms with E-state index in [-0.39, 0.29) is 5.56 Å². The molecule has 3 unspecified atom stereocenters. The molecule has 0 N–H and O–H groups in total. The second-order valence-corrected chi connectivity index (χ2v) is 11.0. The van der Waals surface area contributed by atoms with Gasteiger partial charge in [0.05, 0.1) is 33.4 Å². The number of methoxy groups -OCH3 is 1. The first-order valence-electron chi connectivity index (χ1n) is 14.3. The molecule has 41 heavy (non-hydrogen) atoms. The summed E-state index contributed by atoms with van der Waals surface area (Å²) >= 11 is 0. The molecule has 1 aliphatic carbocycles. The molecule has 0 bridgehead atoms. The Morgan fingerprint density at radius 2 is 1.59 bits per heavy atom. The summed E-state index contributed by atoms with van der Waals surface area (Å²) in [5.74, 6) is -2.41. The summed E-state index contributed by atoms with van der Waals surface area (Å²) in [5.41, 5.74) is -1.94. The van der Waals surface area contributed by atoms with Gasteiger partial charge in [0.25, 0.3) is 0 Å². The number of likely N-dealkylation sites (N-methyl/N-ethyl adjacent to an activating group) is 1. The van der Waals surface area contributed by atoms with E-state index < -0.39 is 35.7 Å². The fourth-order valence-corrected chi connectivity index (χ4v) is 6.20. The molecule has 0 spiro atoms. The van der Waals surface area contributed by atoms with E-state index in [0.29, 0.717) is 36.9 Å². The van der Waals surface area contributed by atoms with Crippen molar-refractivity contribution in [2.45, 2.75) is 63.3 Å². The maximum absolute atomic E-state index is 13.9. The van der Waals surface area contributed by atoms with Gasteiger partial charge in [0, 0.05) is 24.3 Å². The minimum absolute atomic E-state index is 0.208. The van der Waals surface area contributed by atoms with Crippen molar-refractivity contribution < 1.29 is 46.2 Å². The number of nitrogens with zero attached hydrogens (tertiary/aromatic N) is 1. The van der Waals surface area contributed by atoms with Gasteiger partial charge in [-0.1, -0.05) is 43.2 Å². The van der Waals surface area contributed by atoms with E-state index in [1.807, 2.05) is 24.3 Å². The van der Waals surface area contributed by atoms with E-state index in [9.17, 15) is 22.8 Å². The molecule has 3 atom stereocenters. The number of carbonyl (C=O) groups excluding carboxylic acids is 2. The lowest BCUT2D eigenvalue weighted by Gasteiger charge is -2.37. The van der Waals surface area contributed by atoms with Crippen LogP contribution in [0.15, 0.2) is 54.6 Å². The van der Waals surface area contributed by atoms with Crippen LogP contribution in [0.5, 0.6) is 11.5 Å². The Hall–Kier alpha value is -3.27. The third-order valence-electron chi connectivity index (χ3n) is 8.49. The van der Waals surface area contributed by atoms with Gasteiger partial charge < -0.3 is 23.4 Å². The minimum Gasteiger partial charge on any atom is -0.497 e. The highest BCUT2D eigenvalue weighted by molar-refractivity contribution is 5.87. The van der Waals surface area contributed by atoms with Gasteiger partial charge in [-0.3, -0.25) is 0 Å². The van der Waals surface area contributed by atoms with E-state index in [4.69, 9.17) is 18.9 Å². The van der Waals surface area contributed by atoms with Gasteiger partial charge in [0.1, 0.15) is 18.0 Å². The van der Waals surface area contributed by atoms with E-state index in [1.54, 1.807) is 25.3 Å². The summed E-state index contributed by atoms with van der Waals surface area (Å²) in [5, 5.41) is 0. The zero-order chi connectivity index (χ0) is 29.5. The Morgan fingerprint density at radius 3 is 2.20 bits per heavy atom. The maximum atomic E-state index is 13.9. The van der Waals surface area contributed by atoms with Crippen molar-refractivity contribution in [3.63, 3.8) is 0 Å². The Labute approximate surface area is 239 Å². The normalized spacial score (nSPS) is 22.6. The highest BCUT2D eigenvalue weighted by atomic mass is 19.4. The summed E-state index contributed by atoms with van der Waals surface area (Å²) in [7, 11) is 1.61. The fraction of sp³-hybridized carbons (Fsp3) is 0.548. The number of quaternary nitrogens is 1.